The minimum atomic E-state index is 0.428. The Morgan fingerprint density at radius 3 is 2.93 bits per heavy atom. The van der Waals surface area contributed by atoms with Gasteiger partial charge in [0, 0.05) is 10.3 Å². The molecular formula is C11H14BrClS. The lowest BCUT2D eigenvalue weighted by Crippen LogP contribution is -2.16. The lowest BCUT2D eigenvalue weighted by atomic mass is 9.86. The van der Waals surface area contributed by atoms with Crippen molar-refractivity contribution in [3.63, 3.8) is 0 Å². The van der Waals surface area contributed by atoms with Gasteiger partial charge >= 0.3 is 0 Å². The van der Waals surface area contributed by atoms with Gasteiger partial charge in [-0.1, -0.05) is 6.42 Å². The summed E-state index contributed by atoms with van der Waals surface area (Å²) >= 11 is 11.5. The highest BCUT2D eigenvalue weighted by Crippen LogP contribution is 2.32. The van der Waals surface area contributed by atoms with E-state index >= 15 is 0 Å². The quantitative estimate of drug-likeness (QED) is 0.684. The number of halogens is 2. The van der Waals surface area contributed by atoms with Gasteiger partial charge in [-0.05, 0) is 59.7 Å². The fourth-order valence-corrected chi connectivity index (χ4v) is 4.16. The molecular weight excluding hydrogens is 280 g/mol. The van der Waals surface area contributed by atoms with Crippen molar-refractivity contribution in [1.29, 1.82) is 0 Å². The molecule has 0 nitrogen and oxygen atoms in total. The van der Waals surface area contributed by atoms with Gasteiger partial charge in [-0.3, -0.25) is 0 Å². The molecule has 0 bridgehead atoms. The minimum Gasteiger partial charge on any atom is -0.133 e. The summed E-state index contributed by atoms with van der Waals surface area (Å²) in [5.74, 6) is 0.816. The van der Waals surface area contributed by atoms with Crippen molar-refractivity contribution >= 4 is 38.9 Å². The number of hydrogen-bond donors (Lipinski definition) is 0. The Hall–Kier alpha value is 0.470. The topological polar surface area (TPSA) is 0 Å². The monoisotopic (exact) mass is 292 g/mol. The van der Waals surface area contributed by atoms with E-state index in [1.807, 2.05) is 11.3 Å². The predicted molar refractivity (Wildman–Crippen MR) is 67.3 cm³/mol. The van der Waals surface area contributed by atoms with Gasteiger partial charge in [0.25, 0.3) is 0 Å². The third-order valence-electron chi connectivity index (χ3n) is 2.84. The molecule has 1 fully saturated rings. The van der Waals surface area contributed by atoms with E-state index in [-0.39, 0.29) is 0 Å². The summed E-state index contributed by atoms with van der Waals surface area (Å²) < 4.78 is 1.24. The summed E-state index contributed by atoms with van der Waals surface area (Å²) in [6, 6.07) is 4.37. The van der Waals surface area contributed by atoms with Gasteiger partial charge in [0.2, 0.25) is 0 Å². The van der Waals surface area contributed by atoms with Gasteiger partial charge in [0.1, 0.15) is 0 Å². The molecule has 1 saturated carbocycles. The SMILES string of the molecule is ClC1CCCC(Cc2ccc(Br)s2)C1. The normalized spacial score (nSPS) is 27.9. The van der Waals surface area contributed by atoms with Crippen LogP contribution in [0.2, 0.25) is 0 Å². The maximum absolute atomic E-state index is 6.18. The van der Waals surface area contributed by atoms with Crippen molar-refractivity contribution in [1.82, 2.24) is 0 Å². The van der Waals surface area contributed by atoms with E-state index in [2.05, 4.69) is 28.1 Å². The van der Waals surface area contributed by atoms with Crippen molar-refractivity contribution in [3.8, 4) is 0 Å². The van der Waals surface area contributed by atoms with E-state index in [4.69, 9.17) is 11.6 Å². The summed E-state index contributed by atoms with van der Waals surface area (Å²) in [5.41, 5.74) is 0. The Balaban J connectivity index is 1.90. The summed E-state index contributed by atoms with van der Waals surface area (Å²) in [6.45, 7) is 0. The molecule has 0 radical (unpaired) electrons. The van der Waals surface area contributed by atoms with Crippen LogP contribution in [0.25, 0.3) is 0 Å². The fraction of sp³-hybridized carbons (Fsp3) is 0.636. The van der Waals surface area contributed by atoms with E-state index < -0.39 is 0 Å². The third-order valence-corrected chi connectivity index (χ3v) is 4.88. The molecule has 0 N–H and O–H groups in total. The molecule has 0 saturated heterocycles. The molecule has 0 amide bonds. The predicted octanol–water partition coefficient (Wildman–Crippen LogP) is 4.85. The second-order valence-corrected chi connectivity index (χ2v) is 7.20. The fourth-order valence-electron chi connectivity index (χ4n) is 2.16. The first-order chi connectivity index (χ1) is 6.74. The van der Waals surface area contributed by atoms with Gasteiger partial charge in [0.05, 0.1) is 3.79 Å². The lowest BCUT2D eigenvalue weighted by molar-refractivity contribution is 0.363. The number of rotatable bonds is 2. The van der Waals surface area contributed by atoms with Gasteiger partial charge < -0.3 is 0 Å². The van der Waals surface area contributed by atoms with Crippen molar-refractivity contribution in [3.05, 3.63) is 20.8 Å². The van der Waals surface area contributed by atoms with Crippen LogP contribution in [0.15, 0.2) is 15.9 Å². The van der Waals surface area contributed by atoms with Crippen LogP contribution in [0.4, 0.5) is 0 Å². The molecule has 2 unspecified atom stereocenters. The smallest absolute Gasteiger partial charge is 0.0701 e. The Labute approximate surface area is 103 Å². The first kappa shape index (κ1) is 11.0. The second-order valence-electron chi connectivity index (χ2n) is 4.04. The average Bonchev–Trinajstić information content (AvgIpc) is 2.51. The Morgan fingerprint density at radius 2 is 2.29 bits per heavy atom. The summed E-state index contributed by atoms with van der Waals surface area (Å²) in [5, 5.41) is 0.428. The molecule has 78 valence electrons. The zero-order valence-corrected chi connectivity index (χ0v) is 11.2. The first-order valence-electron chi connectivity index (χ1n) is 5.12. The third kappa shape index (κ3) is 2.98. The highest BCUT2D eigenvalue weighted by atomic mass is 79.9. The van der Waals surface area contributed by atoms with Gasteiger partial charge in [0.15, 0.2) is 0 Å². The molecule has 3 heteroatoms. The summed E-state index contributed by atoms with van der Waals surface area (Å²) in [4.78, 5) is 1.49. The van der Waals surface area contributed by atoms with E-state index in [9.17, 15) is 0 Å². The highest BCUT2D eigenvalue weighted by molar-refractivity contribution is 9.11. The molecule has 1 aliphatic carbocycles. The van der Waals surface area contributed by atoms with E-state index in [1.54, 1.807) is 0 Å². The first-order valence-corrected chi connectivity index (χ1v) is 7.17. The maximum atomic E-state index is 6.18. The van der Waals surface area contributed by atoms with Crippen LogP contribution in [-0.4, -0.2) is 5.38 Å². The molecule has 1 aromatic rings. The van der Waals surface area contributed by atoms with Crippen molar-refractivity contribution < 1.29 is 0 Å². The second kappa shape index (κ2) is 5.00. The van der Waals surface area contributed by atoms with E-state index in [0.717, 1.165) is 5.92 Å². The molecule has 0 aromatic carbocycles. The lowest BCUT2D eigenvalue weighted by Gasteiger charge is -2.24. The van der Waals surface area contributed by atoms with Gasteiger partial charge in [-0.25, -0.2) is 0 Å². The van der Waals surface area contributed by atoms with Gasteiger partial charge in [-0.2, -0.15) is 0 Å². The molecule has 1 aliphatic rings. The van der Waals surface area contributed by atoms with Crippen LogP contribution in [0.3, 0.4) is 0 Å². The molecule has 2 atom stereocenters. The van der Waals surface area contributed by atoms with E-state index in [0.29, 0.717) is 5.38 Å². The highest BCUT2D eigenvalue weighted by Gasteiger charge is 2.20. The molecule has 0 spiro atoms. The maximum Gasteiger partial charge on any atom is 0.0701 e. The van der Waals surface area contributed by atoms with Crippen LogP contribution in [-0.2, 0) is 6.42 Å². The van der Waals surface area contributed by atoms with Crippen molar-refractivity contribution in [2.24, 2.45) is 5.92 Å². The molecule has 2 rings (SSSR count). The van der Waals surface area contributed by atoms with Crippen LogP contribution >= 0.6 is 38.9 Å². The summed E-state index contributed by atoms with van der Waals surface area (Å²) in [6.07, 6.45) is 6.31. The van der Waals surface area contributed by atoms with Gasteiger partial charge in [-0.15, -0.1) is 22.9 Å². The van der Waals surface area contributed by atoms with Crippen LogP contribution in [0, 0.1) is 5.92 Å². The molecule has 14 heavy (non-hydrogen) atoms. The Bertz CT molecular complexity index is 297. The number of thiophene rings is 1. The molecule has 1 aromatic heterocycles. The van der Waals surface area contributed by atoms with Crippen LogP contribution < -0.4 is 0 Å². The zero-order valence-electron chi connectivity index (χ0n) is 8.01. The van der Waals surface area contributed by atoms with Crippen molar-refractivity contribution in [2.45, 2.75) is 37.5 Å². The molecule has 1 heterocycles. The van der Waals surface area contributed by atoms with Crippen LogP contribution in [0.5, 0.6) is 0 Å². The molecule has 0 aliphatic heterocycles. The van der Waals surface area contributed by atoms with Crippen molar-refractivity contribution in [2.75, 3.05) is 0 Å². The van der Waals surface area contributed by atoms with Crippen LogP contribution in [0.1, 0.15) is 30.6 Å². The largest absolute Gasteiger partial charge is 0.133 e. The minimum absolute atomic E-state index is 0.428. The summed E-state index contributed by atoms with van der Waals surface area (Å²) in [7, 11) is 0. The average molecular weight is 294 g/mol. The number of alkyl halides is 1. The number of hydrogen-bond acceptors (Lipinski definition) is 1. The van der Waals surface area contributed by atoms with E-state index in [1.165, 1.54) is 40.8 Å². The Kier molecular flexibility index (Phi) is 3.92. The standard InChI is InChI=1S/C11H14BrClS/c12-11-5-4-10(14-11)7-8-2-1-3-9(13)6-8/h4-5,8-9H,1-3,6-7H2. The zero-order chi connectivity index (χ0) is 9.97. The Morgan fingerprint density at radius 1 is 1.43 bits per heavy atom.